The van der Waals surface area contributed by atoms with Gasteiger partial charge in [-0.2, -0.15) is 0 Å². The first-order chi connectivity index (χ1) is 8.38. The Hall–Kier alpha value is -1.73. The maximum atomic E-state index is 13.1. The monoisotopic (exact) mass is 261 g/mol. The number of hydrogen-bond acceptors (Lipinski definition) is 5. The number of anilines is 1. The van der Waals surface area contributed by atoms with Crippen LogP contribution in [-0.4, -0.2) is 28.9 Å². The molecule has 0 saturated carbocycles. The molecular weight excluding hydrogens is 248 g/mol. The average Bonchev–Trinajstić information content (AvgIpc) is 2.33. The number of ether oxygens (including phenoxy) is 1. The highest BCUT2D eigenvalue weighted by Crippen LogP contribution is 2.24. The van der Waals surface area contributed by atoms with E-state index in [-0.39, 0.29) is 12.2 Å². The number of esters is 1. The summed E-state index contributed by atoms with van der Waals surface area (Å²) in [6.07, 6.45) is -3.72. The molecule has 0 heterocycles. The average molecular weight is 261 g/mol. The van der Waals surface area contributed by atoms with Crippen LogP contribution < -0.4 is 5.73 Å². The second-order valence-electron chi connectivity index (χ2n) is 3.54. The Balaban J connectivity index is 2.97. The molecule has 0 aliphatic carbocycles. The molecule has 0 aliphatic heterocycles. The van der Waals surface area contributed by atoms with Gasteiger partial charge in [-0.3, -0.25) is 0 Å². The van der Waals surface area contributed by atoms with Gasteiger partial charge in [0.25, 0.3) is 0 Å². The zero-order chi connectivity index (χ0) is 13.9. The Morgan fingerprint density at radius 1 is 1.39 bits per heavy atom. The summed E-state index contributed by atoms with van der Waals surface area (Å²) in [7, 11) is 0. The molecule has 1 rings (SSSR count). The predicted octanol–water partition coefficient (Wildman–Crippen LogP) is 0.504. The number of nitrogen functional groups attached to an aromatic ring is 1. The van der Waals surface area contributed by atoms with Crippen molar-refractivity contribution >= 4 is 11.7 Å². The van der Waals surface area contributed by atoms with Crippen LogP contribution in [0, 0.1) is 11.6 Å². The summed E-state index contributed by atoms with van der Waals surface area (Å²) in [5.41, 5.74) is 4.05. The van der Waals surface area contributed by atoms with Crippen molar-refractivity contribution in [1.29, 1.82) is 0 Å². The van der Waals surface area contributed by atoms with E-state index in [0.717, 1.165) is 12.1 Å². The smallest absolute Gasteiger partial charge is 0.338 e. The molecule has 0 aliphatic rings. The van der Waals surface area contributed by atoms with Crippen molar-refractivity contribution < 1.29 is 28.5 Å². The number of aliphatic hydroxyl groups is 2. The Bertz CT molecular complexity index is 430. The predicted molar refractivity (Wildman–Crippen MR) is 58.4 cm³/mol. The van der Waals surface area contributed by atoms with Gasteiger partial charge >= 0.3 is 5.97 Å². The minimum absolute atomic E-state index is 0.00702. The summed E-state index contributed by atoms with van der Waals surface area (Å²) in [6.45, 7) is 1.52. The Labute approximate surface area is 102 Å². The van der Waals surface area contributed by atoms with E-state index >= 15 is 0 Å². The molecule has 7 heteroatoms. The molecule has 4 N–H and O–H groups in total. The summed E-state index contributed by atoms with van der Waals surface area (Å²) in [5, 5.41) is 19.0. The van der Waals surface area contributed by atoms with Gasteiger partial charge in [-0.25, -0.2) is 13.6 Å². The molecule has 0 spiro atoms. The second kappa shape index (κ2) is 5.74. The lowest BCUT2D eigenvalue weighted by Crippen LogP contribution is -2.30. The molecular formula is C11H13F2NO4. The van der Waals surface area contributed by atoms with Crippen molar-refractivity contribution in [2.75, 3.05) is 12.3 Å². The van der Waals surface area contributed by atoms with Crippen LogP contribution in [-0.2, 0) is 9.53 Å². The van der Waals surface area contributed by atoms with Crippen molar-refractivity contribution in [3.05, 3.63) is 29.3 Å². The largest absolute Gasteiger partial charge is 0.464 e. The van der Waals surface area contributed by atoms with E-state index < -0.39 is 35.5 Å². The molecule has 5 nitrogen and oxygen atoms in total. The lowest BCUT2D eigenvalue weighted by Gasteiger charge is -2.17. The Morgan fingerprint density at radius 2 is 1.89 bits per heavy atom. The third-order valence-electron chi connectivity index (χ3n) is 2.27. The molecule has 2 unspecified atom stereocenters. The Kier molecular flexibility index (Phi) is 4.57. The number of nitrogens with two attached hydrogens (primary N) is 1. The number of carbonyl (C=O) groups is 1. The third-order valence-corrected chi connectivity index (χ3v) is 2.27. The first kappa shape index (κ1) is 14.3. The van der Waals surface area contributed by atoms with E-state index in [4.69, 9.17) is 5.73 Å². The van der Waals surface area contributed by atoms with Gasteiger partial charge in [0.1, 0.15) is 23.4 Å². The maximum absolute atomic E-state index is 13.1. The molecule has 0 amide bonds. The first-order valence-electron chi connectivity index (χ1n) is 5.15. The quantitative estimate of drug-likeness (QED) is 0.542. The fraction of sp³-hybridized carbons (Fsp3) is 0.364. The molecule has 18 heavy (non-hydrogen) atoms. The number of carbonyl (C=O) groups excluding carboxylic acids is 1. The van der Waals surface area contributed by atoms with Crippen molar-refractivity contribution in [2.24, 2.45) is 0 Å². The molecule has 0 fully saturated rings. The highest BCUT2D eigenvalue weighted by atomic mass is 19.1. The molecule has 2 atom stereocenters. The van der Waals surface area contributed by atoms with Crippen molar-refractivity contribution in [1.82, 2.24) is 0 Å². The molecule has 100 valence electrons. The van der Waals surface area contributed by atoms with E-state index in [2.05, 4.69) is 4.74 Å². The molecule has 0 bridgehead atoms. The van der Waals surface area contributed by atoms with E-state index in [1.807, 2.05) is 0 Å². The lowest BCUT2D eigenvalue weighted by molar-refractivity contribution is -0.159. The van der Waals surface area contributed by atoms with Gasteiger partial charge in [0.15, 0.2) is 6.10 Å². The first-order valence-corrected chi connectivity index (χ1v) is 5.15. The highest BCUT2D eigenvalue weighted by molar-refractivity contribution is 5.75. The van der Waals surface area contributed by atoms with Crippen LogP contribution in [0.4, 0.5) is 14.5 Å². The van der Waals surface area contributed by atoms with Crippen LogP contribution in [0.3, 0.4) is 0 Å². The van der Waals surface area contributed by atoms with Gasteiger partial charge in [-0.05, 0) is 24.6 Å². The molecule has 1 aromatic rings. The van der Waals surface area contributed by atoms with Crippen molar-refractivity contribution in [3.8, 4) is 0 Å². The van der Waals surface area contributed by atoms with Gasteiger partial charge in [0, 0.05) is 0 Å². The van der Waals surface area contributed by atoms with Gasteiger partial charge in [-0.15, -0.1) is 0 Å². The number of hydrogen-bond donors (Lipinski definition) is 3. The number of benzene rings is 1. The van der Waals surface area contributed by atoms with Crippen LogP contribution in [0.5, 0.6) is 0 Å². The lowest BCUT2D eigenvalue weighted by atomic mass is 10.0. The summed E-state index contributed by atoms with van der Waals surface area (Å²) < 4.78 is 30.7. The van der Waals surface area contributed by atoms with E-state index in [9.17, 15) is 23.8 Å². The molecule has 1 aromatic carbocycles. The van der Waals surface area contributed by atoms with Crippen LogP contribution >= 0.6 is 0 Å². The zero-order valence-corrected chi connectivity index (χ0v) is 9.56. The number of rotatable bonds is 4. The van der Waals surface area contributed by atoms with Crippen LogP contribution in [0.1, 0.15) is 18.6 Å². The maximum Gasteiger partial charge on any atom is 0.338 e. The van der Waals surface area contributed by atoms with E-state index in [0.29, 0.717) is 0 Å². The minimum Gasteiger partial charge on any atom is -0.464 e. The summed E-state index contributed by atoms with van der Waals surface area (Å²) in [4.78, 5) is 11.2. The van der Waals surface area contributed by atoms with Gasteiger partial charge in [0.2, 0.25) is 0 Å². The molecule has 0 radical (unpaired) electrons. The van der Waals surface area contributed by atoms with Crippen LogP contribution in [0.2, 0.25) is 0 Å². The zero-order valence-electron chi connectivity index (χ0n) is 9.56. The molecule has 0 aromatic heterocycles. The second-order valence-corrected chi connectivity index (χ2v) is 3.54. The number of aliphatic hydroxyl groups excluding tert-OH is 2. The normalized spacial score (nSPS) is 14.1. The van der Waals surface area contributed by atoms with Gasteiger partial charge in [-0.1, -0.05) is 0 Å². The highest BCUT2D eigenvalue weighted by Gasteiger charge is 2.28. The fourth-order valence-corrected chi connectivity index (χ4v) is 1.31. The standard InChI is InChI=1S/C11H13F2NO4/c1-2-18-11(17)10(16)9(15)5-3-6(12)8(14)7(13)4-5/h3-4,9-10,15-16H,2,14H2,1H3. The molecule has 0 saturated heterocycles. The number of halogens is 2. The van der Waals surface area contributed by atoms with Crippen LogP contribution in [0.15, 0.2) is 12.1 Å². The summed E-state index contributed by atoms with van der Waals surface area (Å²) in [6, 6.07) is 1.48. The summed E-state index contributed by atoms with van der Waals surface area (Å²) >= 11 is 0. The third kappa shape index (κ3) is 2.93. The van der Waals surface area contributed by atoms with Crippen molar-refractivity contribution in [2.45, 2.75) is 19.1 Å². The van der Waals surface area contributed by atoms with Crippen LogP contribution in [0.25, 0.3) is 0 Å². The topological polar surface area (TPSA) is 92.8 Å². The van der Waals surface area contributed by atoms with Crippen molar-refractivity contribution in [3.63, 3.8) is 0 Å². The fourth-order valence-electron chi connectivity index (χ4n) is 1.31. The van der Waals surface area contributed by atoms with E-state index in [1.54, 1.807) is 0 Å². The van der Waals surface area contributed by atoms with Gasteiger partial charge < -0.3 is 20.7 Å². The Morgan fingerprint density at radius 3 is 2.33 bits per heavy atom. The van der Waals surface area contributed by atoms with Gasteiger partial charge in [0.05, 0.1) is 6.61 Å². The summed E-state index contributed by atoms with van der Waals surface area (Å²) in [5.74, 6) is -3.25. The van der Waals surface area contributed by atoms with E-state index in [1.165, 1.54) is 6.92 Å². The SMILES string of the molecule is CCOC(=O)C(O)C(O)c1cc(F)c(N)c(F)c1. The minimum atomic E-state index is -1.92.